The molecule has 0 fully saturated rings. The summed E-state index contributed by atoms with van der Waals surface area (Å²) >= 11 is 2.43. The average molecular weight is 267 g/mol. The van der Waals surface area contributed by atoms with Crippen LogP contribution in [0.4, 0.5) is 0 Å². The zero-order chi connectivity index (χ0) is 8.91. The van der Waals surface area contributed by atoms with Crippen molar-refractivity contribution in [3.63, 3.8) is 0 Å². The largest absolute Gasteiger partial charge is 0.297 e. The van der Waals surface area contributed by atoms with Gasteiger partial charge in [0.1, 0.15) is 0 Å². The maximum atomic E-state index is 4.33. The fourth-order valence-electron chi connectivity index (χ4n) is 1.07. The Balaban J connectivity index is 4.25. The molecule has 0 saturated carbocycles. The third-order valence-electron chi connectivity index (χ3n) is 1.87. The molecule has 0 bridgehead atoms. The minimum Gasteiger partial charge on any atom is -0.297 e. The first-order valence-corrected chi connectivity index (χ1v) is 5.63. The van der Waals surface area contributed by atoms with E-state index < -0.39 is 0 Å². The predicted octanol–water partition coefficient (Wildman–Crippen LogP) is 3.32. The van der Waals surface area contributed by atoms with Crippen molar-refractivity contribution in [2.75, 3.05) is 11.5 Å². The maximum Gasteiger partial charge on any atom is 0.0276 e. The van der Waals surface area contributed by atoms with Gasteiger partial charge in [0.05, 0.1) is 0 Å². The number of nitrogens with zero attached hydrogens (tertiary/aromatic N) is 1. The fourth-order valence-corrected chi connectivity index (χ4v) is 1.51. The van der Waals surface area contributed by atoms with E-state index in [1.807, 2.05) is 7.05 Å². The van der Waals surface area contributed by atoms with Gasteiger partial charge in [-0.15, -0.1) is 0 Å². The van der Waals surface area contributed by atoms with E-state index in [0.717, 1.165) is 10.8 Å². The van der Waals surface area contributed by atoms with Crippen LogP contribution in [0.15, 0.2) is 4.99 Å². The van der Waals surface area contributed by atoms with E-state index in [1.165, 1.54) is 12.1 Å². The first-order chi connectivity index (χ1) is 5.08. The quantitative estimate of drug-likeness (QED) is 0.421. The lowest BCUT2D eigenvalue weighted by molar-refractivity contribution is 0.595. The molecule has 0 saturated heterocycles. The first kappa shape index (κ1) is 11.4. The van der Waals surface area contributed by atoms with Gasteiger partial charge in [0.25, 0.3) is 0 Å². The number of hydrogen-bond donors (Lipinski definition) is 0. The molecule has 2 heteroatoms. The summed E-state index contributed by atoms with van der Waals surface area (Å²) in [4.78, 5) is 4.33. The van der Waals surface area contributed by atoms with Gasteiger partial charge in [0, 0.05) is 22.6 Å². The average Bonchev–Trinajstić information content (AvgIpc) is 2.00. The Bertz CT molecular complexity index is 138. The highest BCUT2D eigenvalue weighted by molar-refractivity contribution is 14.1. The lowest BCUT2D eigenvalue weighted by Gasteiger charge is -2.23. The third-order valence-corrected chi connectivity index (χ3v) is 3.78. The summed E-state index contributed by atoms with van der Waals surface area (Å²) in [6, 6.07) is 0. The Labute approximate surface area is 83.8 Å². The molecule has 0 aromatic rings. The second-order valence-electron chi connectivity index (χ2n) is 3.44. The van der Waals surface area contributed by atoms with E-state index >= 15 is 0 Å². The number of hydrogen-bond acceptors (Lipinski definition) is 1. The minimum absolute atomic E-state index is 0.297. The van der Waals surface area contributed by atoms with E-state index in [1.54, 1.807) is 0 Å². The Hall–Kier alpha value is 0.400. The molecular formula is C9H18IN. The second-order valence-corrected chi connectivity index (χ2v) is 4.20. The van der Waals surface area contributed by atoms with Crippen LogP contribution in [0.3, 0.4) is 0 Å². The van der Waals surface area contributed by atoms with Crippen LogP contribution in [0, 0.1) is 5.41 Å². The van der Waals surface area contributed by atoms with Crippen LogP contribution in [0.25, 0.3) is 0 Å². The predicted molar refractivity (Wildman–Crippen MR) is 60.9 cm³/mol. The number of alkyl halides is 1. The standard InChI is InChI=1S/C9H18IN/c1-5-6-8(11-4)9(2,3)7-10/h5-7H2,1-4H3. The summed E-state index contributed by atoms with van der Waals surface area (Å²) in [7, 11) is 1.90. The maximum absolute atomic E-state index is 4.33. The lowest BCUT2D eigenvalue weighted by Crippen LogP contribution is -2.25. The molecule has 0 unspecified atom stereocenters. The molecule has 0 aromatic heterocycles. The van der Waals surface area contributed by atoms with E-state index in [9.17, 15) is 0 Å². The van der Waals surface area contributed by atoms with Gasteiger partial charge in [-0.3, -0.25) is 4.99 Å². The number of aliphatic imine (C=N–C) groups is 1. The van der Waals surface area contributed by atoms with E-state index in [-0.39, 0.29) is 0 Å². The molecular weight excluding hydrogens is 249 g/mol. The summed E-state index contributed by atoms with van der Waals surface area (Å²) in [5.41, 5.74) is 1.65. The molecule has 0 amide bonds. The van der Waals surface area contributed by atoms with Crippen molar-refractivity contribution in [1.82, 2.24) is 0 Å². The molecule has 0 aromatic carbocycles. The van der Waals surface area contributed by atoms with Crippen LogP contribution >= 0.6 is 22.6 Å². The van der Waals surface area contributed by atoms with E-state index in [2.05, 4.69) is 48.4 Å². The van der Waals surface area contributed by atoms with Crippen molar-refractivity contribution in [1.29, 1.82) is 0 Å². The van der Waals surface area contributed by atoms with Gasteiger partial charge in [-0.2, -0.15) is 0 Å². The van der Waals surface area contributed by atoms with Gasteiger partial charge in [0.2, 0.25) is 0 Å². The van der Waals surface area contributed by atoms with Crippen LogP contribution < -0.4 is 0 Å². The van der Waals surface area contributed by atoms with Gasteiger partial charge in [-0.25, -0.2) is 0 Å². The zero-order valence-electron chi connectivity index (χ0n) is 7.95. The zero-order valence-corrected chi connectivity index (χ0v) is 10.1. The van der Waals surface area contributed by atoms with Crippen LogP contribution in [0.2, 0.25) is 0 Å². The SMILES string of the molecule is CCCC(=NC)C(C)(C)CI. The molecule has 11 heavy (non-hydrogen) atoms. The monoisotopic (exact) mass is 267 g/mol. The summed E-state index contributed by atoms with van der Waals surface area (Å²) in [6.07, 6.45) is 2.35. The molecule has 0 atom stereocenters. The van der Waals surface area contributed by atoms with Crippen molar-refractivity contribution in [3.8, 4) is 0 Å². The summed E-state index contributed by atoms with van der Waals surface area (Å²) < 4.78 is 1.15. The first-order valence-electron chi connectivity index (χ1n) is 4.10. The molecule has 0 heterocycles. The van der Waals surface area contributed by atoms with Crippen LogP contribution in [0.5, 0.6) is 0 Å². The molecule has 0 aliphatic rings. The van der Waals surface area contributed by atoms with Gasteiger partial charge >= 0.3 is 0 Å². The Morgan fingerprint density at radius 1 is 1.45 bits per heavy atom. The van der Waals surface area contributed by atoms with Crippen LogP contribution in [0.1, 0.15) is 33.6 Å². The smallest absolute Gasteiger partial charge is 0.0276 e. The van der Waals surface area contributed by atoms with E-state index in [0.29, 0.717) is 5.41 Å². The number of rotatable bonds is 4. The van der Waals surface area contributed by atoms with Gasteiger partial charge in [-0.05, 0) is 6.42 Å². The molecule has 0 aliphatic carbocycles. The van der Waals surface area contributed by atoms with Crippen LogP contribution in [-0.4, -0.2) is 17.2 Å². The summed E-state index contributed by atoms with van der Waals surface area (Å²) in [5.74, 6) is 0. The molecule has 0 rings (SSSR count). The molecule has 0 N–H and O–H groups in total. The van der Waals surface area contributed by atoms with Crippen LogP contribution in [-0.2, 0) is 0 Å². The molecule has 0 radical (unpaired) electrons. The van der Waals surface area contributed by atoms with Gasteiger partial charge < -0.3 is 0 Å². The molecule has 66 valence electrons. The fraction of sp³-hybridized carbons (Fsp3) is 0.889. The van der Waals surface area contributed by atoms with Crippen molar-refractivity contribution >= 4 is 28.3 Å². The number of halogens is 1. The highest BCUT2D eigenvalue weighted by atomic mass is 127. The van der Waals surface area contributed by atoms with Crippen molar-refractivity contribution in [2.45, 2.75) is 33.6 Å². The Morgan fingerprint density at radius 3 is 2.27 bits per heavy atom. The van der Waals surface area contributed by atoms with Gasteiger partial charge in [-0.1, -0.05) is 49.8 Å². The Kier molecular flexibility index (Phi) is 5.30. The molecule has 1 nitrogen and oxygen atoms in total. The van der Waals surface area contributed by atoms with Crippen molar-refractivity contribution in [3.05, 3.63) is 0 Å². The van der Waals surface area contributed by atoms with Crippen molar-refractivity contribution in [2.24, 2.45) is 10.4 Å². The molecule has 0 aliphatic heterocycles. The summed E-state index contributed by atoms with van der Waals surface area (Å²) in [6.45, 7) is 6.73. The van der Waals surface area contributed by atoms with E-state index in [4.69, 9.17) is 0 Å². The minimum atomic E-state index is 0.297. The lowest BCUT2D eigenvalue weighted by atomic mass is 9.87. The molecule has 0 spiro atoms. The highest BCUT2D eigenvalue weighted by Crippen LogP contribution is 2.23. The third kappa shape index (κ3) is 3.54. The van der Waals surface area contributed by atoms with Crippen molar-refractivity contribution < 1.29 is 0 Å². The summed E-state index contributed by atoms with van der Waals surface area (Å²) in [5, 5.41) is 0. The van der Waals surface area contributed by atoms with Gasteiger partial charge in [0.15, 0.2) is 0 Å². The Morgan fingerprint density at radius 2 is 2.00 bits per heavy atom. The normalized spacial score (nSPS) is 13.7. The highest BCUT2D eigenvalue weighted by Gasteiger charge is 2.21. The second kappa shape index (κ2) is 5.12. The topological polar surface area (TPSA) is 12.4 Å².